The van der Waals surface area contributed by atoms with Crippen molar-refractivity contribution >= 4 is 0 Å². The maximum absolute atomic E-state index is 5.49. The molecule has 0 radical (unpaired) electrons. The topological polar surface area (TPSA) is 30.5 Å². The summed E-state index contributed by atoms with van der Waals surface area (Å²) in [6.45, 7) is 5.54. The van der Waals surface area contributed by atoms with Crippen LogP contribution in [-0.4, -0.2) is 38.0 Å². The molecule has 0 aromatic rings. The van der Waals surface area contributed by atoms with Gasteiger partial charge in [-0.1, -0.05) is 0 Å². The highest BCUT2D eigenvalue weighted by Gasteiger charge is 2.45. The van der Waals surface area contributed by atoms with Gasteiger partial charge in [0.1, 0.15) is 0 Å². The monoisotopic (exact) mass is 143 g/mol. The van der Waals surface area contributed by atoms with Crippen LogP contribution in [0.1, 0.15) is 6.92 Å². The van der Waals surface area contributed by atoms with Gasteiger partial charge in [0.25, 0.3) is 0 Å². The highest BCUT2D eigenvalue weighted by molar-refractivity contribution is 5.01. The van der Waals surface area contributed by atoms with Gasteiger partial charge in [-0.25, -0.2) is 0 Å². The molecular formula is C7H13NO2. The van der Waals surface area contributed by atoms with Crippen LogP contribution in [0.15, 0.2) is 0 Å². The lowest BCUT2D eigenvalue weighted by Crippen LogP contribution is -2.70. The van der Waals surface area contributed by atoms with Crippen LogP contribution < -0.4 is 5.32 Å². The van der Waals surface area contributed by atoms with Crippen molar-refractivity contribution in [1.82, 2.24) is 5.32 Å². The number of hydrogen-bond donors (Lipinski definition) is 1. The normalized spacial score (nSPS) is 37.5. The highest BCUT2D eigenvalue weighted by atomic mass is 16.5. The molecule has 2 heterocycles. The molecule has 2 aliphatic rings. The molecular weight excluding hydrogens is 130 g/mol. The van der Waals surface area contributed by atoms with Gasteiger partial charge in [0.15, 0.2) is 0 Å². The summed E-state index contributed by atoms with van der Waals surface area (Å²) in [5.74, 6) is 0. The van der Waals surface area contributed by atoms with Gasteiger partial charge < -0.3 is 14.8 Å². The molecule has 2 aliphatic heterocycles. The summed E-state index contributed by atoms with van der Waals surface area (Å²) in [7, 11) is 0. The summed E-state index contributed by atoms with van der Waals surface area (Å²) in [5.41, 5.74) is 0.165. The lowest BCUT2D eigenvalue weighted by atomic mass is 9.90. The molecule has 3 nitrogen and oxygen atoms in total. The van der Waals surface area contributed by atoms with Crippen molar-refractivity contribution in [3.05, 3.63) is 0 Å². The molecule has 2 saturated heterocycles. The second-order valence-corrected chi connectivity index (χ2v) is 3.09. The third-order valence-electron chi connectivity index (χ3n) is 2.44. The fraction of sp³-hybridized carbons (Fsp3) is 1.00. The van der Waals surface area contributed by atoms with Gasteiger partial charge in [0.05, 0.1) is 31.5 Å². The van der Waals surface area contributed by atoms with E-state index in [1.165, 1.54) is 0 Å². The van der Waals surface area contributed by atoms with E-state index in [0.29, 0.717) is 6.10 Å². The van der Waals surface area contributed by atoms with E-state index in [0.717, 1.165) is 26.4 Å². The number of hydrogen-bond acceptors (Lipinski definition) is 3. The highest BCUT2D eigenvalue weighted by Crippen LogP contribution is 2.25. The summed E-state index contributed by atoms with van der Waals surface area (Å²) in [6.07, 6.45) is 0.315. The second kappa shape index (κ2) is 2.19. The van der Waals surface area contributed by atoms with Crippen molar-refractivity contribution in [1.29, 1.82) is 0 Å². The van der Waals surface area contributed by atoms with E-state index in [4.69, 9.17) is 9.47 Å². The SMILES string of the molecule is CC1OCCNC12COC2. The third-order valence-corrected chi connectivity index (χ3v) is 2.44. The molecule has 1 spiro atoms. The number of morpholine rings is 1. The summed E-state index contributed by atoms with van der Waals surface area (Å²) < 4.78 is 10.6. The zero-order valence-electron chi connectivity index (χ0n) is 6.22. The van der Waals surface area contributed by atoms with Gasteiger partial charge in [0.2, 0.25) is 0 Å². The molecule has 2 rings (SSSR count). The Morgan fingerprint density at radius 3 is 2.70 bits per heavy atom. The number of rotatable bonds is 0. The first-order chi connectivity index (χ1) is 4.83. The molecule has 1 atom stereocenters. The van der Waals surface area contributed by atoms with E-state index in [-0.39, 0.29) is 5.54 Å². The summed E-state index contributed by atoms with van der Waals surface area (Å²) >= 11 is 0. The van der Waals surface area contributed by atoms with Crippen LogP contribution in [0.5, 0.6) is 0 Å². The van der Waals surface area contributed by atoms with E-state index in [2.05, 4.69) is 12.2 Å². The Kier molecular flexibility index (Phi) is 1.44. The minimum atomic E-state index is 0.165. The van der Waals surface area contributed by atoms with Crippen molar-refractivity contribution in [2.24, 2.45) is 0 Å². The maximum Gasteiger partial charge on any atom is 0.0916 e. The van der Waals surface area contributed by atoms with Crippen LogP contribution in [0.4, 0.5) is 0 Å². The molecule has 2 fully saturated rings. The van der Waals surface area contributed by atoms with Crippen LogP contribution >= 0.6 is 0 Å². The Bertz CT molecular complexity index is 134. The van der Waals surface area contributed by atoms with Crippen molar-refractivity contribution in [3.63, 3.8) is 0 Å². The molecule has 58 valence electrons. The van der Waals surface area contributed by atoms with Crippen molar-refractivity contribution in [2.75, 3.05) is 26.4 Å². The average molecular weight is 143 g/mol. The predicted molar refractivity (Wildman–Crippen MR) is 37.0 cm³/mol. The van der Waals surface area contributed by atoms with Gasteiger partial charge in [-0.2, -0.15) is 0 Å². The smallest absolute Gasteiger partial charge is 0.0916 e. The number of nitrogens with one attached hydrogen (secondary N) is 1. The molecule has 0 amide bonds. The zero-order valence-corrected chi connectivity index (χ0v) is 6.22. The molecule has 0 aromatic carbocycles. The van der Waals surface area contributed by atoms with E-state index < -0.39 is 0 Å². The first-order valence-electron chi connectivity index (χ1n) is 3.78. The Hall–Kier alpha value is -0.120. The van der Waals surface area contributed by atoms with Crippen LogP contribution in [0.25, 0.3) is 0 Å². The fourth-order valence-corrected chi connectivity index (χ4v) is 1.50. The van der Waals surface area contributed by atoms with E-state index in [9.17, 15) is 0 Å². The average Bonchev–Trinajstić information content (AvgIpc) is 1.85. The first-order valence-corrected chi connectivity index (χ1v) is 3.78. The van der Waals surface area contributed by atoms with Crippen molar-refractivity contribution in [2.45, 2.75) is 18.6 Å². The predicted octanol–water partition coefficient (Wildman–Crippen LogP) is -0.236. The molecule has 10 heavy (non-hydrogen) atoms. The van der Waals surface area contributed by atoms with Crippen molar-refractivity contribution in [3.8, 4) is 0 Å². The molecule has 3 heteroatoms. The Labute approximate surface area is 60.7 Å². The zero-order chi connectivity index (χ0) is 7.03. The van der Waals surface area contributed by atoms with E-state index in [1.54, 1.807) is 0 Å². The quantitative estimate of drug-likeness (QED) is 0.508. The summed E-state index contributed by atoms with van der Waals surface area (Å²) in [6, 6.07) is 0. The van der Waals surface area contributed by atoms with Crippen LogP contribution in [0.2, 0.25) is 0 Å². The van der Waals surface area contributed by atoms with Gasteiger partial charge in [-0.3, -0.25) is 0 Å². The van der Waals surface area contributed by atoms with Crippen LogP contribution in [-0.2, 0) is 9.47 Å². The van der Waals surface area contributed by atoms with Crippen molar-refractivity contribution < 1.29 is 9.47 Å². The molecule has 0 bridgehead atoms. The van der Waals surface area contributed by atoms with Crippen LogP contribution in [0, 0.1) is 0 Å². The number of ether oxygens (including phenoxy) is 2. The molecule has 0 aliphatic carbocycles. The lowest BCUT2D eigenvalue weighted by Gasteiger charge is -2.48. The van der Waals surface area contributed by atoms with E-state index >= 15 is 0 Å². The first kappa shape index (κ1) is 6.58. The maximum atomic E-state index is 5.49. The summed E-state index contributed by atoms with van der Waals surface area (Å²) in [4.78, 5) is 0. The Morgan fingerprint density at radius 2 is 2.30 bits per heavy atom. The molecule has 0 aromatic heterocycles. The van der Waals surface area contributed by atoms with Gasteiger partial charge in [0, 0.05) is 6.54 Å². The van der Waals surface area contributed by atoms with Crippen LogP contribution in [0.3, 0.4) is 0 Å². The molecule has 0 saturated carbocycles. The molecule has 1 unspecified atom stereocenters. The summed E-state index contributed by atoms with van der Waals surface area (Å²) in [5, 5.41) is 3.43. The van der Waals surface area contributed by atoms with Gasteiger partial charge >= 0.3 is 0 Å². The third kappa shape index (κ3) is 0.779. The Balaban J connectivity index is 2.03. The fourth-order valence-electron chi connectivity index (χ4n) is 1.50. The van der Waals surface area contributed by atoms with Gasteiger partial charge in [-0.15, -0.1) is 0 Å². The minimum Gasteiger partial charge on any atom is -0.377 e. The second-order valence-electron chi connectivity index (χ2n) is 3.09. The van der Waals surface area contributed by atoms with Gasteiger partial charge in [-0.05, 0) is 6.92 Å². The molecule has 1 N–H and O–H groups in total. The minimum absolute atomic E-state index is 0.165. The standard InChI is InChI=1S/C7H13NO2/c1-6-7(4-9-5-7)8-2-3-10-6/h6,8H,2-5H2,1H3. The Morgan fingerprint density at radius 1 is 1.50 bits per heavy atom. The van der Waals surface area contributed by atoms with E-state index in [1.807, 2.05) is 0 Å². The largest absolute Gasteiger partial charge is 0.377 e. The lowest BCUT2D eigenvalue weighted by molar-refractivity contribution is -0.165.